The van der Waals surface area contributed by atoms with E-state index in [4.69, 9.17) is 4.55 Å². The summed E-state index contributed by atoms with van der Waals surface area (Å²) in [4.78, 5) is 0. The van der Waals surface area contributed by atoms with Gasteiger partial charge in [0.05, 0.1) is 0 Å². The topological polar surface area (TPSA) is 49.3 Å². The van der Waals surface area contributed by atoms with Gasteiger partial charge in [0.1, 0.15) is 0 Å². The van der Waals surface area contributed by atoms with E-state index < -0.39 is 10.4 Å². The lowest BCUT2D eigenvalue weighted by Gasteiger charge is -1.87. The molecule has 0 saturated carbocycles. The van der Waals surface area contributed by atoms with Crippen LogP contribution in [0.3, 0.4) is 0 Å². The first-order chi connectivity index (χ1) is 3.21. The summed E-state index contributed by atoms with van der Waals surface area (Å²) < 4.78 is 21.5. The fourth-order valence-corrected chi connectivity index (χ4v) is 1.71. The zero-order chi connectivity index (χ0) is 5.33. The van der Waals surface area contributed by atoms with E-state index in [-0.39, 0.29) is 0 Å². The van der Waals surface area contributed by atoms with Gasteiger partial charge in [-0.1, -0.05) is 0 Å². The van der Waals surface area contributed by atoms with Crippen LogP contribution in [0.25, 0.3) is 0 Å². The van der Waals surface area contributed by atoms with Crippen molar-refractivity contribution in [3.63, 3.8) is 0 Å². The summed E-state index contributed by atoms with van der Waals surface area (Å²) in [6, 6.07) is 0. The van der Waals surface area contributed by atoms with Crippen molar-refractivity contribution in [1.29, 1.82) is 0 Å². The first-order valence-corrected chi connectivity index (χ1v) is 3.88. The molecule has 1 aliphatic heterocycles. The highest BCUT2D eigenvalue weighted by molar-refractivity contribution is 7.96. The maximum Gasteiger partial charge on any atom is 0.288 e. The minimum atomic E-state index is -2.55. The highest BCUT2D eigenvalue weighted by Gasteiger charge is 2.29. The molecular formula is C3H8NO2S+. The summed E-state index contributed by atoms with van der Waals surface area (Å²) in [7, 11) is -2.55. The standard InChI is InChI=1S/C3H7NO2S/c5-7(6)3-1-2-4-7/h1-3H2,(H-,4,5,6)/p+1. The molecule has 1 heterocycles. The summed E-state index contributed by atoms with van der Waals surface area (Å²) in [6.07, 6.45) is 0.829. The van der Waals surface area contributed by atoms with Crippen molar-refractivity contribution < 1.29 is 8.76 Å². The monoisotopic (exact) mass is 122 g/mol. The maximum atomic E-state index is 10.4. The van der Waals surface area contributed by atoms with Gasteiger partial charge in [-0.05, 0) is 4.21 Å². The summed E-state index contributed by atoms with van der Waals surface area (Å²) in [5.74, 6) is 0.424. The van der Waals surface area contributed by atoms with Crippen LogP contribution in [0.15, 0.2) is 0 Å². The molecule has 0 aromatic carbocycles. The summed E-state index contributed by atoms with van der Waals surface area (Å²) >= 11 is 0. The molecule has 2 N–H and O–H groups in total. The van der Waals surface area contributed by atoms with Gasteiger partial charge < -0.3 is 0 Å². The highest BCUT2D eigenvalue weighted by Crippen LogP contribution is 2.02. The second-order valence-corrected chi connectivity index (χ2v) is 3.57. The first-order valence-electron chi connectivity index (χ1n) is 2.20. The largest absolute Gasteiger partial charge is 0.288 e. The van der Waals surface area contributed by atoms with E-state index in [1.807, 2.05) is 0 Å². The van der Waals surface area contributed by atoms with E-state index >= 15 is 0 Å². The minimum Gasteiger partial charge on any atom is -0.169 e. The molecule has 0 aromatic rings. The molecule has 42 valence electrons. The van der Waals surface area contributed by atoms with E-state index in [1.165, 1.54) is 0 Å². The zero-order valence-electron chi connectivity index (χ0n) is 3.89. The van der Waals surface area contributed by atoms with Gasteiger partial charge in [0, 0.05) is 13.0 Å². The average molecular weight is 122 g/mol. The van der Waals surface area contributed by atoms with Crippen molar-refractivity contribution in [2.24, 2.45) is 0 Å². The third-order valence-corrected chi connectivity index (χ3v) is 2.42. The average Bonchev–Trinajstić information content (AvgIpc) is 1.84. The van der Waals surface area contributed by atoms with Crippen molar-refractivity contribution in [2.45, 2.75) is 6.42 Å². The SMILES string of the molecule is O=[S+]1(O)CCCN1. The molecule has 0 spiro atoms. The van der Waals surface area contributed by atoms with E-state index in [0.29, 0.717) is 12.3 Å². The number of hydrogen-bond donors (Lipinski definition) is 2. The molecule has 0 radical (unpaired) electrons. The van der Waals surface area contributed by atoms with Crippen LogP contribution < -0.4 is 4.72 Å². The lowest BCUT2D eigenvalue weighted by molar-refractivity contribution is 0.495. The molecule has 7 heavy (non-hydrogen) atoms. The first kappa shape index (κ1) is 5.21. The predicted octanol–water partition coefficient (Wildman–Crippen LogP) is -0.133. The van der Waals surface area contributed by atoms with E-state index in [2.05, 4.69) is 4.72 Å². The third-order valence-electron chi connectivity index (χ3n) is 0.925. The van der Waals surface area contributed by atoms with Gasteiger partial charge in [0.15, 0.2) is 5.75 Å². The van der Waals surface area contributed by atoms with E-state index in [1.54, 1.807) is 0 Å². The Balaban J connectivity index is 2.57. The van der Waals surface area contributed by atoms with Crippen molar-refractivity contribution in [1.82, 2.24) is 4.72 Å². The van der Waals surface area contributed by atoms with Crippen LogP contribution in [0, 0.1) is 0 Å². The summed E-state index contributed by atoms with van der Waals surface area (Å²) in [6.45, 7) is 0.690. The molecule has 0 amide bonds. The van der Waals surface area contributed by atoms with E-state index in [9.17, 15) is 4.21 Å². The van der Waals surface area contributed by atoms with Crippen molar-refractivity contribution in [3.05, 3.63) is 0 Å². The Morgan fingerprint density at radius 3 is 2.57 bits per heavy atom. The molecule has 0 aliphatic carbocycles. The molecule has 0 bridgehead atoms. The van der Waals surface area contributed by atoms with Crippen LogP contribution in [0.1, 0.15) is 6.42 Å². The maximum absolute atomic E-state index is 10.4. The second-order valence-electron chi connectivity index (χ2n) is 1.59. The van der Waals surface area contributed by atoms with E-state index in [0.717, 1.165) is 6.42 Å². The minimum absolute atomic E-state index is 0.424. The van der Waals surface area contributed by atoms with Crippen LogP contribution in [0.5, 0.6) is 0 Å². The second kappa shape index (κ2) is 1.54. The molecule has 3 nitrogen and oxygen atoms in total. The zero-order valence-corrected chi connectivity index (χ0v) is 4.70. The Labute approximate surface area is 43.5 Å². The van der Waals surface area contributed by atoms with Gasteiger partial charge >= 0.3 is 0 Å². The number of nitrogens with one attached hydrogen (secondary N) is 1. The molecule has 1 fully saturated rings. The Morgan fingerprint density at radius 1 is 1.71 bits per heavy atom. The van der Waals surface area contributed by atoms with Crippen LogP contribution in [-0.4, -0.2) is 16.9 Å². The predicted molar refractivity (Wildman–Crippen MR) is 28.2 cm³/mol. The van der Waals surface area contributed by atoms with Gasteiger partial charge in [-0.3, -0.25) is 0 Å². The van der Waals surface area contributed by atoms with Gasteiger partial charge in [-0.2, -0.15) is 4.55 Å². The lowest BCUT2D eigenvalue weighted by Crippen LogP contribution is -2.23. The fraction of sp³-hybridized carbons (Fsp3) is 1.00. The summed E-state index contributed by atoms with van der Waals surface area (Å²) in [5, 5.41) is 0. The molecule has 1 rings (SSSR count). The van der Waals surface area contributed by atoms with Crippen LogP contribution >= 0.6 is 0 Å². The van der Waals surface area contributed by atoms with Crippen LogP contribution in [0.4, 0.5) is 0 Å². The Morgan fingerprint density at radius 2 is 2.43 bits per heavy atom. The normalized spacial score (nSPS) is 41.9. The van der Waals surface area contributed by atoms with Crippen molar-refractivity contribution in [2.75, 3.05) is 12.3 Å². The third kappa shape index (κ3) is 1.22. The quantitative estimate of drug-likeness (QED) is 0.440. The van der Waals surface area contributed by atoms with Crippen molar-refractivity contribution in [3.8, 4) is 0 Å². The smallest absolute Gasteiger partial charge is 0.169 e. The van der Waals surface area contributed by atoms with Gasteiger partial charge in [0.25, 0.3) is 10.4 Å². The van der Waals surface area contributed by atoms with Crippen LogP contribution in [0.2, 0.25) is 0 Å². The number of hydrogen-bond acceptors (Lipinski definition) is 1. The molecule has 1 saturated heterocycles. The Kier molecular flexibility index (Phi) is 1.15. The van der Waals surface area contributed by atoms with Gasteiger partial charge in [-0.25, -0.2) is 0 Å². The van der Waals surface area contributed by atoms with Gasteiger partial charge in [0.2, 0.25) is 0 Å². The van der Waals surface area contributed by atoms with Crippen molar-refractivity contribution >= 4 is 10.4 Å². The molecule has 0 aromatic heterocycles. The number of rotatable bonds is 0. The molecule has 1 atom stereocenters. The molecule has 4 heteroatoms. The molecular weight excluding hydrogens is 114 g/mol. The fourth-order valence-electron chi connectivity index (χ4n) is 0.572. The Bertz CT molecular complexity index is 104. The lowest BCUT2D eigenvalue weighted by atomic mass is 10.5. The molecule has 1 unspecified atom stereocenters. The van der Waals surface area contributed by atoms with Gasteiger partial charge in [-0.15, -0.1) is 4.72 Å². The summed E-state index contributed by atoms with van der Waals surface area (Å²) in [5.41, 5.74) is 0. The highest BCUT2D eigenvalue weighted by atomic mass is 32.3. The Hall–Kier alpha value is 0.0700. The van der Waals surface area contributed by atoms with Crippen LogP contribution in [-0.2, 0) is 14.6 Å². The molecule has 1 aliphatic rings.